The largest absolute Gasteiger partial charge is 0.395 e. The maximum atomic E-state index is 12.0. The zero-order valence-corrected chi connectivity index (χ0v) is 13.1. The van der Waals surface area contributed by atoms with Crippen molar-refractivity contribution in [2.45, 2.75) is 18.2 Å². The summed E-state index contributed by atoms with van der Waals surface area (Å²) in [5, 5.41) is 20.3. The molecule has 118 valence electrons. The lowest BCUT2D eigenvalue weighted by Gasteiger charge is -2.02. The van der Waals surface area contributed by atoms with Gasteiger partial charge in [-0.1, -0.05) is 0 Å². The second kappa shape index (κ2) is 6.07. The van der Waals surface area contributed by atoms with E-state index in [9.17, 15) is 23.3 Å². The van der Waals surface area contributed by atoms with Crippen molar-refractivity contribution in [1.29, 1.82) is 0 Å². The number of aliphatic hydroxyl groups is 1. The molecule has 0 unspecified atom stereocenters. The van der Waals surface area contributed by atoms with Gasteiger partial charge in [-0.05, 0) is 13.0 Å². The Kier molecular flexibility index (Phi) is 4.54. The van der Waals surface area contributed by atoms with Gasteiger partial charge in [0.1, 0.15) is 10.8 Å². The Morgan fingerprint density at radius 3 is 2.68 bits per heavy atom. The standard InChI is InChI=1S/C12H12N2O6S2/c1-7(16)4-11-13-12-9(14(17)18)5-8(6-10(12)21-11)22(19,20)3-2-15/h5-6,15H,2-4H2,1H3. The van der Waals surface area contributed by atoms with Gasteiger partial charge in [0, 0.05) is 6.07 Å². The first kappa shape index (κ1) is 16.5. The molecule has 0 atom stereocenters. The number of fused-ring (bicyclic) bond motifs is 1. The fourth-order valence-electron chi connectivity index (χ4n) is 1.88. The van der Waals surface area contributed by atoms with Crippen molar-refractivity contribution in [1.82, 2.24) is 4.98 Å². The molecule has 0 spiro atoms. The van der Waals surface area contributed by atoms with Crippen LogP contribution in [0.15, 0.2) is 17.0 Å². The van der Waals surface area contributed by atoms with Crippen LogP contribution < -0.4 is 0 Å². The van der Waals surface area contributed by atoms with E-state index >= 15 is 0 Å². The fourth-order valence-corrected chi connectivity index (χ4v) is 4.12. The van der Waals surface area contributed by atoms with Crippen LogP contribution in [-0.2, 0) is 21.1 Å². The first-order valence-corrected chi connectivity index (χ1v) is 8.62. The Morgan fingerprint density at radius 1 is 1.45 bits per heavy atom. The number of rotatable bonds is 6. The molecule has 10 heteroatoms. The minimum atomic E-state index is -3.81. The van der Waals surface area contributed by atoms with Crippen molar-refractivity contribution in [2.24, 2.45) is 0 Å². The van der Waals surface area contributed by atoms with Gasteiger partial charge in [-0.15, -0.1) is 11.3 Å². The number of sulfone groups is 1. The van der Waals surface area contributed by atoms with E-state index < -0.39 is 32.8 Å². The van der Waals surface area contributed by atoms with E-state index in [0.717, 1.165) is 17.4 Å². The van der Waals surface area contributed by atoms with Crippen LogP contribution >= 0.6 is 11.3 Å². The maximum Gasteiger partial charge on any atom is 0.297 e. The van der Waals surface area contributed by atoms with Gasteiger partial charge in [-0.2, -0.15) is 0 Å². The highest BCUT2D eigenvalue weighted by molar-refractivity contribution is 7.91. The molecule has 0 aliphatic carbocycles. The van der Waals surface area contributed by atoms with E-state index in [-0.39, 0.29) is 22.6 Å². The van der Waals surface area contributed by atoms with Crippen LogP contribution in [0.2, 0.25) is 0 Å². The number of Topliss-reactive ketones (excluding diaryl/α,β-unsaturated/α-hetero) is 1. The highest BCUT2D eigenvalue weighted by Gasteiger charge is 2.24. The molecule has 2 rings (SSSR count). The average Bonchev–Trinajstić information content (AvgIpc) is 2.78. The number of ketones is 1. The molecule has 0 amide bonds. The zero-order valence-electron chi connectivity index (χ0n) is 11.5. The van der Waals surface area contributed by atoms with E-state index in [1.807, 2.05) is 0 Å². The third kappa shape index (κ3) is 3.29. The summed E-state index contributed by atoms with van der Waals surface area (Å²) in [4.78, 5) is 25.4. The number of aromatic nitrogens is 1. The number of aliphatic hydroxyl groups excluding tert-OH is 1. The Bertz CT molecular complexity index is 856. The second-order valence-corrected chi connectivity index (χ2v) is 7.80. The van der Waals surface area contributed by atoms with Crippen LogP contribution in [0.4, 0.5) is 5.69 Å². The molecule has 0 saturated heterocycles. The van der Waals surface area contributed by atoms with Crippen molar-refractivity contribution in [2.75, 3.05) is 12.4 Å². The molecule has 0 bridgehead atoms. The molecule has 0 aliphatic heterocycles. The number of non-ortho nitro benzene ring substituents is 1. The third-order valence-corrected chi connectivity index (χ3v) is 5.48. The summed E-state index contributed by atoms with van der Waals surface area (Å²) in [6, 6.07) is 2.22. The van der Waals surface area contributed by atoms with Crippen LogP contribution in [0.3, 0.4) is 0 Å². The minimum Gasteiger partial charge on any atom is -0.395 e. The lowest BCUT2D eigenvalue weighted by atomic mass is 10.3. The summed E-state index contributed by atoms with van der Waals surface area (Å²) in [7, 11) is -3.81. The van der Waals surface area contributed by atoms with E-state index in [4.69, 9.17) is 5.11 Å². The first-order chi connectivity index (χ1) is 10.2. The molecule has 22 heavy (non-hydrogen) atoms. The van der Waals surface area contributed by atoms with Crippen LogP contribution in [-0.4, -0.2) is 41.6 Å². The summed E-state index contributed by atoms with van der Waals surface area (Å²) >= 11 is 1.04. The van der Waals surface area contributed by atoms with Crippen LogP contribution in [0.1, 0.15) is 11.9 Å². The number of carbonyl (C=O) groups excluding carboxylic acids is 1. The summed E-state index contributed by atoms with van der Waals surface area (Å²) in [5.41, 5.74) is -0.366. The topological polar surface area (TPSA) is 127 Å². The number of hydrogen-bond donors (Lipinski definition) is 1. The molecule has 0 aliphatic rings. The van der Waals surface area contributed by atoms with Gasteiger partial charge < -0.3 is 5.11 Å². The average molecular weight is 344 g/mol. The second-order valence-electron chi connectivity index (χ2n) is 4.58. The molecular formula is C12H12N2O6S2. The number of nitro groups is 1. The van der Waals surface area contributed by atoms with Gasteiger partial charge in [0.15, 0.2) is 15.4 Å². The van der Waals surface area contributed by atoms with E-state index in [1.54, 1.807) is 0 Å². The van der Waals surface area contributed by atoms with Crippen molar-refractivity contribution in [3.05, 3.63) is 27.3 Å². The number of thiazole rings is 1. The highest BCUT2D eigenvalue weighted by Crippen LogP contribution is 2.33. The molecule has 1 aromatic heterocycles. The molecule has 0 radical (unpaired) electrons. The van der Waals surface area contributed by atoms with E-state index in [0.29, 0.717) is 9.71 Å². The highest BCUT2D eigenvalue weighted by atomic mass is 32.2. The minimum absolute atomic E-state index is 0.0369. The number of nitrogens with zero attached hydrogens (tertiary/aromatic N) is 2. The monoisotopic (exact) mass is 344 g/mol. The Morgan fingerprint density at radius 2 is 2.14 bits per heavy atom. The number of hydrogen-bond acceptors (Lipinski definition) is 8. The van der Waals surface area contributed by atoms with E-state index in [1.165, 1.54) is 13.0 Å². The molecule has 8 nitrogen and oxygen atoms in total. The molecule has 1 heterocycles. The molecule has 2 aromatic rings. The van der Waals surface area contributed by atoms with Crippen LogP contribution in [0, 0.1) is 10.1 Å². The molecule has 1 aromatic carbocycles. The quantitative estimate of drug-likeness (QED) is 0.614. The molecule has 0 saturated carbocycles. The Balaban J connectivity index is 2.68. The smallest absolute Gasteiger partial charge is 0.297 e. The third-order valence-electron chi connectivity index (χ3n) is 2.81. The fraction of sp³-hybridized carbons (Fsp3) is 0.333. The number of nitro benzene ring substituents is 1. The molecule has 0 fully saturated rings. The van der Waals surface area contributed by atoms with Crippen molar-refractivity contribution >= 4 is 42.9 Å². The Hall–Kier alpha value is -1.91. The SMILES string of the molecule is CC(=O)Cc1nc2c([N+](=O)[O-])cc(S(=O)(=O)CCO)cc2s1. The molecular weight excluding hydrogens is 332 g/mol. The lowest BCUT2D eigenvalue weighted by Crippen LogP contribution is -2.10. The van der Waals surface area contributed by atoms with Gasteiger partial charge >= 0.3 is 0 Å². The Labute approximate surface area is 129 Å². The number of carbonyl (C=O) groups is 1. The van der Waals surface area contributed by atoms with Crippen molar-refractivity contribution in [3.8, 4) is 0 Å². The first-order valence-electron chi connectivity index (χ1n) is 6.15. The lowest BCUT2D eigenvalue weighted by molar-refractivity contribution is -0.383. The summed E-state index contributed by atoms with van der Waals surface area (Å²) in [5.74, 6) is -0.663. The summed E-state index contributed by atoms with van der Waals surface area (Å²) < 4.78 is 24.3. The van der Waals surface area contributed by atoms with Gasteiger partial charge in [-0.25, -0.2) is 13.4 Å². The van der Waals surface area contributed by atoms with Gasteiger partial charge in [0.25, 0.3) is 5.69 Å². The zero-order chi connectivity index (χ0) is 16.5. The van der Waals surface area contributed by atoms with Gasteiger partial charge in [-0.3, -0.25) is 14.9 Å². The van der Waals surface area contributed by atoms with E-state index in [2.05, 4.69) is 4.98 Å². The number of benzene rings is 1. The van der Waals surface area contributed by atoms with Crippen LogP contribution in [0.25, 0.3) is 10.2 Å². The van der Waals surface area contributed by atoms with Crippen molar-refractivity contribution < 1.29 is 23.2 Å². The summed E-state index contributed by atoms with van der Waals surface area (Å²) in [6.45, 7) is 0.796. The van der Waals surface area contributed by atoms with Crippen LogP contribution in [0.5, 0.6) is 0 Å². The summed E-state index contributed by atoms with van der Waals surface area (Å²) in [6.07, 6.45) is 0.0369. The normalized spacial score (nSPS) is 11.7. The van der Waals surface area contributed by atoms with Gasteiger partial charge in [0.2, 0.25) is 0 Å². The van der Waals surface area contributed by atoms with Gasteiger partial charge in [0.05, 0.1) is 33.3 Å². The predicted molar refractivity (Wildman–Crippen MR) is 79.8 cm³/mol. The maximum absolute atomic E-state index is 12.0. The predicted octanol–water partition coefficient (Wildman–Crippen LogP) is 1.10. The van der Waals surface area contributed by atoms with Crippen molar-refractivity contribution in [3.63, 3.8) is 0 Å². The molecule has 1 N–H and O–H groups in total.